The number of methoxy groups -OCH3 is 2. The standard InChI is InChI=1S/C19H22N2O5S/c1-25-13-6-9-15(17(10-13)26-2)21-19(24)18(23)20-11-16(22)12-4-7-14(27-3)8-5-12/h4-10,16,22H,11H2,1-3H3,(H,20,23)(H,21,24). The van der Waals surface area contributed by atoms with Gasteiger partial charge >= 0.3 is 11.8 Å². The number of carbonyl (C=O) groups is 2. The van der Waals surface area contributed by atoms with Gasteiger partial charge in [0.15, 0.2) is 0 Å². The lowest BCUT2D eigenvalue weighted by Crippen LogP contribution is -2.37. The van der Waals surface area contributed by atoms with E-state index in [1.807, 2.05) is 18.4 Å². The van der Waals surface area contributed by atoms with Crippen molar-refractivity contribution in [2.24, 2.45) is 0 Å². The Morgan fingerprint density at radius 3 is 2.37 bits per heavy atom. The first-order chi connectivity index (χ1) is 13.0. The molecular formula is C19H22N2O5S. The van der Waals surface area contributed by atoms with Crippen LogP contribution in [0.25, 0.3) is 0 Å². The molecule has 2 aromatic rings. The van der Waals surface area contributed by atoms with Crippen LogP contribution in [0.5, 0.6) is 11.5 Å². The number of rotatable bonds is 7. The van der Waals surface area contributed by atoms with Crippen LogP contribution in [0.2, 0.25) is 0 Å². The van der Waals surface area contributed by atoms with Crippen LogP contribution in [0.1, 0.15) is 11.7 Å². The fourth-order valence-electron chi connectivity index (χ4n) is 2.29. The van der Waals surface area contributed by atoms with Gasteiger partial charge in [-0.2, -0.15) is 0 Å². The van der Waals surface area contributed by atoms with E-state index in [2.05, 4.69) is 10.6 Å². The number of hydrogen-bond acceptors (Lipinski definition) is 6. The van der Waals surface area contributed by atoms with E-state index in [1.165, 1.54) is 14.2 Å². The van der Waals surface area contributed by atoms with Gasteiger partial charge in [0, 0.05) is 17.5 Å². The highest BCUT2D eigenvalue weighted by Crippen LogP contribution is 2.28. The molecule has 0 saturated carbocycles. The van der Waals surface area contributed by atoms with Crippen LogP contribution < -0.4 is 20.1 Å². The van der Waals surface area contributed by atoms with E-state index >= 15 is 0 Å². The zero-order valence-electron chi connectivity index (χ0n) is 15.3. The second-order valence-corrected chi connectivity index (χ2v) is 6.40. The van der Waals surface area contributed by atoms with Crippen LogP contribution in [0.4, 0.5) is 5.69 Å². The molecule has 8 heteroatoms. The van der Waals surface area contributed by atoms with E-state index in [4.69, 9.17) is 9.47 Å². The molecule has 2 rings (SSSR count). The Hall–Kier alpha value is -2.71. The molecule has 144 valence electrons. The van der Waals surface area contributed by atoms with Crippen LogP contribution in [-0.2, 0) is 9.59 Å². The molecule has 0 aliphatic rings. The average Bonchev–Trinajstić information content (AvgIpc) is 2.71. The van der Waals surface area contributed by atoms with E-state index in [1.54, 1.807) is 42.1 Å². The fraction of sp³-hybridized carbons (Fsp3) is 0.263. The summed E-state index contributed by atoms with van der Waals surface area (Å²) in [4.78, 5) is 25.1. The Kier molecular flexibility index (Phi) is 7.51. The minimum Gasteiger partial charge on any atom is -0.497 e. The SMILES string of the molecule is COc1ccc(NC(=O)C(=O)NCC(O)c2ccc(SC)cc2)c(OC)c1. The van der Waals surface area contributed by atoms with E-state index in [9.17, 15) is 14.7 Å². The number of anilines is 1. The molecule has 2 aromatic carbocycles. The second-order valence-electron chi connectivity index (χ2n) is 5.52. The minimum absolute atomic E-state index is 0.0788. The number of thioether (sulfide) groups is 1. The summed E-state index contributed by atoms with van der Waals surface area (Å²) in [7, 11) is 2.96. The molecule has 0 radical (unpaired) electrons. The van der Waals surface area contributed by atoms with Gasteiger partial charge in [-0.3, -0.25) is 9.59 Å². The number of aliphatic hydroxyl groups excluding tert-OH is 1. The normalized spacial score (nSPS) is 11.4. The summed E-state index contributed by atoms with van der Waals surface area (Å²) < 4.78 is 10.3. The number of benzene rings is 2. The summed E-state index contributed by atoms with van der Waals surface area (Å²) in [6.07, 6.45) is 1.05. The molecule has 0 saturated heterocycles. The van der Waals surface area contributed by atoms with Crippen LogP contribution in [-0.4, -0.2) is 43.9 Å². The Balaban J connectivity index is 1.92. The van der Waals surface area contributed by atoms with Gasteiger partial charge < -0.3 is 25.2 Å². The number of aliphatic hydroxyl groups is 1. The highest BCUT2D eigenvalue weighted by molar-refractivity contribution is 7.98. The van der Waals surface area contributed by atoms with Gasteiger partial charge in [0.1, 0.15) is 11.5 Å². The predicted molar refractivity (Wildman–Crippen MR) is 104 cm³/mol. The zero-order chi connectivity index (χ0) is 19.8. The highest BCUT2D eigenvalue weighted by atomic mass is 32.2. The summed E-state index contributed by atoms with van der Waals surface area (Å²) in [6, 6.07) is 12.1. The lowest BCUT2D eigenvalue weighted by Gasteiger charge is -2.14. The molecule has 0 aliphatic heterocycles. The van der Waals surface area contributed by atoms with Crippen molar-refractivity contribution >= 4 is 29.3 Å². The second kappa shape index (κ2) is 9.84. The monoisotopic (exact) mass is 390 g/mol. The van der Waals surface area contributed by atoms with Crippen LogP contribution in [0.15, 0.2) is 47.4 Å². The number of ether oxygens (including phenoxy) is 2. The molecule has 2 amide bonds. The van der Waals surface area contributed by atoms with Gasteiger partial charge in [0.05, 0.1) is 26.0 Å². The first-order valence-electron chi connectivity index (χ1n) is 8.11. The summed E-state index contributed by atoms with van der Waals surface area (Å²) in [5.41, 5.74) is 0.997. The molecule has 0 heterocycles. The molecular weight excluding hydrogens is 368 g/mol. The topological polar surface area (TPSA) is 96.9 Å². The van der Waals surface area contributed by atoms with E-state index in [0.717, 1.165) is 4.90 Å². The maximum Gasteiger partial charge on any atom is 0.313 e. The molecule has 0 aromatic heterocycles. The van der Waals surface area contributed by atoms with Gasteiger partial charge in [-0.1, -0.05) is 12.1 Å². The van der Waals surface area contributed by atoms with Crippen LogP contribution in [0, 0.1) is 0 Å². The summed E-state index contributed by atoms with van der Waals surface area (Å²) in [5.74, 6) is -0.787. The number of nitrogens with one attached hydrogen (secondary N) is 2. The summed E-state index contributed by atoms with van der Waals surface area (Å²) in [6.45, 7) is -0.0788. The maximum absolute atomic E-state index is 12.1. The van der Waals surface area contributed by atoms with Gasteiger partial charge in [0.2, 0.25) is 0 Å². The number of amides is 2. The molecule has 0 aliphatic carbocycles. The van der Waals surface area contributed by atoms with Crippen molar-refractivity contribution in [1.82, 2.24) is 5.32 Å². The van der Waals surface area contributed by atoms with Crippen molar-refractivity contribution in [3.8, 4) is 11.5 Å². The lowest BCUT2D eigenvalue weighted by atomic mass is 10.1. The first-order valence-corrected chi connectivity index (χ1v) is 9.34. The van der Waals surface area contributed by atoms with Crippen molar-refractivity contribution in [2.75, 3.05) is 32.3 Å². The lowest BCUT2D eigenvalue weighted by molar-refractivity contribution is -0.136. The van der Waals surface area contributed by atoms with Crippen molar-refractivity contribution in [3.05, 3.63) is 48.0 Å². The minimum atomic E-state index is -0.909. The molecule has 27 heavy (non-hydrogen) atoms. The smallest absolute Gasteiger partial charge is 0.313 e. The maximum atomic E-state index is 12.1. The molecule has 1 unspecified atom stereocenters. The molecule has 7 nitrogen and oxygen atoms in total. The van der Waals surface area contributed by atoms with Crippen molar-refractivity contribution in [1.29, 1.82) is 0 Å². The molecule has 3 N–H and O–H groups in total. The Bertz CT molecular complexity index is 795. The quantitative estimate of drug-likeness (QED) is 0.495. The Morgan fingerprint density at radius 2 is 1.78 bits per heavy atom. The predicted octanol–water partition coefficient (Wildman–Crippen LogP) is 2.21. The van der Waals surface area contributed by atoms with Crippen molar-refractivity contribution < 1.29 is 24.2 Å². The fourth-order valence-corrected chi connectivity index (χ4v) is 2.70. The molecule has 0 spiro atoms. The van der Waals surface area contributed by atoms with E-state index < -0.39 is 17.9 Å². The molecule has 0 fully saturated rings. The van der Waals surface area contributed by atoms with Crippen molar-refractivity contribution in [2.45, 2.75) is 11.0 Å². The Labute approximate surface area is 162 Å². The summed E-state index contributed by atoms with van der Waals surface area (Å²) in [5, 5.41) is 15.1. The first kappa shape index (κ1) is 20.6. The van der Waals surface area contributed by atoms with E-state index in [0.29, 0.717) is 22.7 Å². The van der Waals surface area contributed by atoms with Crippen LogP contribution >= 0.6 is 11.8 Å². The molecule has 0 bridgehead atoms. The average molecular weight is 390 g/mol. The third kappa shape index (κ3) is 5.63. The van der Waals surface area contributed by atoms with E-state index in [-0.39, 0.29) is 6.54 Å². The van der Waals surface area contributed by atoms with Gasteiger partial charge in [-0.25, -0.2) is 0 Å². The number of hydrogen-bond donors (Lipinski definition) is 3. The van der Waals surface area contributed by atoms with Gasteiger partial charge in [-0.05, 0) is 36.1 Å². The third-order valence-electron chi connectivity index (χ3n) is 3.82. The number of carbonyl (C=O) groups excluding carboxylic acids is 2. The zero-order valence-corrected chi connectivity index (χ0v) is 16.1. The third-order valence-corrected chi connectivity index (χ3v) is 4.56. The van der Waals surface area contributed by atoms with Crippen LogP contribution in [0.3, 0.4) is 0 Å². The van der Waals surface area contributed by atoms with Gasteiger partial charge in [0.25, 0.3) is 0 Å². The molecule has 1 atom stereocenters. The highest BCUT2D eigenvalue weighted by Gasteiger charge is 2.18. The Morgan fingerprint density at radius 1 is 1.07 bits per heavy atom. The van der Waals surface area contributed by atoms with Gasteiger partial charge in [-0.15, -0.1) is 11.8 Å². The summed E-state index contributed by atoms with van der Waals surface area (Å²) >= 11 is 1.60. The van der Waals surface area contributed by atoms with Crippen molar-refractivity contribution in [3.63, 3.8) is 0 Å². The largest absolute Gasteiger partial charge is 0.497 e.